The SMILES string of the molecule is CC(C)(C)OC(=O)N1CCN(C(=O)Nc2ccc3nc[nH]c3c2)CC1. The molecule has 0 radical (unpaired) electrons. The van der Waals surface area contributed by atoms with Crippen LogP contribution in [0.15, 0.2) is 24.5 Å². The van der Waals surface area contributed by atoms with E-state index in [1.807, 2.05) is 39.0 Å². The van der Waals surface area contributed by atoms with Crippen molar-refractivity contribution in [2.24, 2.45) is 0 Å². The molecule has 2 heterocycles. The molecule has 8 heteroatoms. The predicted molar refractivity (Wildman–Crippen MR) is 94.5 cm³/mol. The molecule has 0 unspecified atom stereocenters. The van der Waals surface area contributed by atoms with E-state index >= 15 is 0 Å². The number of anilines is 1. The fraction of sp³-hybridized carbons (Fsp3) is 0.471. The van der Waals surface area contributed by atoms with Crippen LogP contribution in [0.25, 0.3) is 11.0 Å². The number of hydrogen-bond acceptors (Lipinski definition) is 4. The summed E-state index contributed by atoms with van der Waals surface area (Å²) in [7, 11) is 0. The van der Waals surface area contributed by atoms with E-state index in [2.05, 4.69) is 15.3 Å². The van der Waals surface area contributed by atoms with E-state index in [0.29, 0.717) is 31.9 Å². The molecule has 0 bridgehead atoms. The number of benzene rings is 1. The second kappa shape index (κ2) is 6.62. The summed E-state index contributed by atoms with van der Waals surface area (Å²) >= 11 is 0. The van der Waals surface area contributed by atoms with Gasteiger partial charge in [0.25, 0.3) is 0 Å². The molecule has 0 saturated carbocycles. The topological polar surface area (TPSA) is 90.6 Å². The van der Waals surface area contributed by atoms with Gasteiger partial charge >= 0.3 is 12.1 Å². The van der Waals surface area contributed by atoms with Crippen molar-refractivity contribution >= 4 is 28.8 Å². The van der Waals surface area contributed by atoms with Gasteiger partial charge in [-0.25, -0.2) is 14.6 Å². The van der Waals surface area contributed by atoms with E-state index in [4.69, 9.17) is 4.74 Å². The number of aromatic amines is 1. The number of fused-ring (bicyclic) bond motifs is 1. The van der Waals surface area contributed by atoms with Gasteiger partial charge in [0.2, 0.25) is 0 Å². The number of urea groups is 1. The third-order valence-electron chi connectivity index (χ3n) is 3.89. The van der Waals surface area contributed by atoms with Crippen molar-refractivity contribution in [2.45, 2.75) is 26.4 Å². The highest BCUT2D eigenvalue weighted by molar-refractivity contribution is 5.92. The van der Waals surface area contributed by atoms with Crippen molar-refractivity contribution in [3.8, 4) is 0 Å². The van der Waals surface area contributed by atoms with E-state index in [1.165, 1.54) is 0 Å². The molecule has 1 aliphatic rings. The molecule has 8 nitrogen and oxygen atoms in total. The number of hydrogen-bond donors (Lipinski definition) is 2. The van der Waals surface area contributed by atoms with Crippen molar-refractivity contribution < 1.29 is 14.3 Å². The first kappa shape index (κ1) is 17.1. The molecule has 25 heavy (non-hydrogen) atoms. The largest absolute Gasteiger partial charge is 0.444 e. The molecule has 1 fully saturated rings. The average Bonchev–Trinajstić information content (AvgIpc) is 3.01. The van der Waals surface area contributed by atoms with E-state index in [1.54, 1.807) is 16.1 Å². The van der Waals surface area contributed by atoms with Gasteiger partial charge in [0.1, 0.15) is 5.60 Å². The Morgan fingerprint density at radius 1 is 1.16 bits per heavy atom. The van der Waals surface area contributed by atoms with Gasteiger partial charge in [-0.15, -0.1) is 0 Å². The molecular formula is C17H23N5O3. The number of ether oxygens (including phenoxy) is 1. The molecule has 1 aliphatic heterocycles. The molecule has 0 atom stereocenters. The van der Waals surface area contributed by atoms with E-state index < -0.39 is 5.60 Å². The number of H-pyrrole nitrogens is 1. The minimum Gasteiger partial charge on any atom is -0.444 e. The summed E-state index contributed by atoms with van der Waals surface area (Å²) in [6, 6.07) is 5.33. The molecule has 2 aromatic rings. The number of rotatable bonds is 1. The summed E-state index contributed by atoms with van der Waals surface area (Å²) in [4.78, 5) is 34.9. The lowest BCUT2D eigenvalue weighted by atomic mass is 10.2. The van der Waals surface area contributed by atoms with Crippen LogP contribution in [0.4, 0.5) is 15.3 Å². The Morgan fingerprint density at radius 3 is 2.52 bits per heavy atom. The van der Waals surface area contributed by atoms with Gasteiger partial charge in [-0.1, -0.05) is 0 Å². The molecule has 1 aromatic carbocycles. The number of piperazine rings is 1. The lowest BCUT2D eigenvalue weighted by Crippen LogP contribution is -2.52. The zero-order valence-electron chi connectivity index (χ0n) is 14.7. The van der Waals surface area contributed by atoms with Crippen LogP contribution in [-0.4, -0.2) is 63.7 Å². The summed E-state index contributed by atoms with van der Waals surface area (Å²) in [5.41, 5.74) is 1.91. The summed E-state index contributed by atoms with van der Waals surface area (Å²) < 4.78 is 5.36. The van der Waals surface area contributed by atoms with Gasteiger partial charge in [-0.05, 0) is 39.0 Å². The zero-order chi connectivity index (χ0) is 18.0. The first-order valence-corrected chi connectivity index (χ1v) is 8.29. The fourth-order valence-electron chi connectivity index (χ4n) is 2.63. The van der Waals surface area contributed by atoms with Gasteiger partial charge in [-0.2, -0.15) is 0 Å². The molecular weight excluding hydrogens is 322 g/mol. The first-order valence-electron chi connectivity index (χ1n) is 8.29. The normalized spacial score (nSPS) is 15.3. The molecule has 3 amide bonds. The van der Waals surface area contributed by atoms with Crippen LogP contribution < -0.4 is 5.32 Å². The molecule has 0 spiro atoms. The van der Waals surface area contributed by atoms with Gasteiger partial charge in [0, 0.05) is 31.9 Å². The molecule has 0 aliphatic carbocycles. The zero-order valence-corrected chi connectivity index (χ0v) is 14.7. The van der Waals surface area contributed by atoms with Crippen LogP contribution >= 0.6 is 0 Å². The second-order valence-electron chi connectivity index (χ2n) is 7.02. The lowest BCUT2D eigenvalue weighted by molar-refractivity contribution is 0.0174. The van der Waals surface area contributed by atoms with Crippen LogP contribution in [0.3, 0.4) is 0 Å². The fourth-order valence-corrected chi connectivity index (χ4v) is 2.63. The number of nitrogens with one attached hydrogen (secondary N) is 2. The van der Waals surface area contributed by atoms with Crippen LogP contribution in [-0.2, 0) is 4.74 Å². The maximum Gasteiger partial charge on any atom is 0.410 e. The maximum atomic E-state index is 12.4. The van der Waals surface area contributed by atoms with Crippen LogP contribution in [0, 0.1) is 0 Å². The highest BCUT2D eigenvalue weighted by atomic mass is 16.6. The Bertz CT molecular complexity index is 772. The van der Waals surface area contributed by atoms with E-state index in [-0.39, 0.29) is 12.1 Å². The Morgan fingerprint density at radius 2 is 1.84 bits per heavy atom. The third kappa shape index (κ3) is 4.20. The first-order chi connectivity index (χ1) is 11.8. The van der Waals surface area contributed by atoms with Gasteiger partial charge in [-0.3, -0.25) is 0 Å². The number of amides is 3. The van der Waals surface area contributed by atoms with Gasteiger partial charge in [0.15, 0.2) is 0 Å². The number of imidazole rings is 1. The Hall–Kier alpha value is -2.77. The third-order valence-corrected chi connectivity index (χ3v) is 3.89. The monoisotopic (exact) mass is 345 g/mol. The van der Waals surface area contributed by atoms with Crippen LogP contribution in [0.1, 0.15) is 20.8 Å². The number of aromatic nitrogens is 2. The second-order valence-corrected chi connectivity index (χ2v) is 7.02. The minimum absolute atomic E-state index is 0.178. The van der Waals surface area contributed by atoms with Crippen LogP contribution in [0.2, 0.25) is 0 Å². The number of carbonyl (C=O) groups is 2. The molecule has 1 saturated heterocycles. The minimum atomic E-state index is -0.517. The predicted octanol–water partition coefficient (Wildman–Crippen LogP) is 2.65. The van der Waals surface area contributed by atoms with Crippen molar-refractivity contribution in [3.63, 3.8) is 0 Å². The van der Waals surface area contributed by atoms with Crippen molar-refractivity contribution in [3.05, 3.63) is 24.5 Å². The van der Waals surface area contributed by atoms with E-state index in [0.717, 1.165) is 11.0 Å². The van der Waals surface area contributed by atoms with Gasteiger partial charge in [0.05, 0.1) is 17.4 Å². The van der Waals surface area contributed by atoms with Gasteiger partial charge < -0.3 is 24.8 Å². The number of carbonyl (C=O) groups excluding carboxylic acids is 2. The Balaban J connectivity index is 1.53. The Kier molecular flexibility index (Phi) is 4.52. The lowest BCUT2D eigenvalue weighted by Gasteiger charge is -2.35. The quantitative estimate of drug-likeness (QED) is 0.831. The van der Waals surface area contributed by atoms with Crippen molar-refractivity contribution in [2.75, 3.05) is 31.5 Å². The molecule has 1 aromatic heterocycles. The standard InChI is InChI=1S/C17H23N5O3/c1-17(2,3)25-16(24)22-8-6-21(7-9-22)15(23)20-12-4-5-13-14(10-12)19-11-18-13/h4-5,10-11H,6-9H2,1-3H3,(H,18,19)(H,20,23). The smallest absolute Gasteiger partial charge is 0.410 e. The van der Waals surface area contributed by atoms with Crippen molar-refractivity contribution in [1.29, 1.82) is 0 Å². The highest BCUT2D eigenvalue weighted by Gasteiger charge is 2.27. The summed E-state index contributed by atoms with van der Waals surface area (Å²) in [6.07, 6.45) is 1.28. The highest BCUT2D eigenvalue weighted by Crippen LogP contribution is 2.17. The average molecular weight is 345 g/mol. The summed E-state index contributed by atoms with van der Waals surface area (Å²) in [5.74, 6) is 0. The van der Waals surface area contributed by atoms with Crippen molar-refractivity contribution in [1.82, 2.24) is 19.8 Å². The number of nitrogens with zero attached hydrogens (tertiary/aromatic N) is 3. The Labute approximate surface area is 146 Å². The molecule has 2 N–H and O–H groups in total. The van der Waals surface area contributed by atoms with E-state index in [9.17, 15) is 9.59 Å². The summed E-state index contributed by atoms with van der Waals surface area (Å²) in [5, 5.41) is 2.88. The molecule has 134 valence electrons. The maximum absolute atomic E-state index is 12.4. The van der Waals surface area contributed by atoms with Crippen LogP contribution in [0.5, 0.6) is 0 Å². The summed E-state index contributed by atoms with van der Waals surface area (Å²) in [6.45, 7) is 7.37. The molecule has 3 rings (SSSR count).